The van der Waals surface area contributed by atoms with Gasteiger partial charge in [-0.2, -0.15) is 0 Å². The second-order valence-corrected chi connectivity index (χ2v) is 6.37. The van der Waals surface area contributed by atoms with Crippen LogP contribution in [0.3, 0.4) is 0 Å². The van der Waals surface area contributed by atoms with Gasteiger partial charge in [-0.05, 0) is 62.3 Å². The zero-order chi connectivity index (χ0) is 13.7. The van der Waals surface area contributed by atoms with Crippen molar-refractivity contribution in [2.45, 2.75) is 92.5 Å². The molecule has 0 aromatic carbocycles. The maximum Gasteiger partial charge on any atom is 2.00 e. The Kier molecular flexibility index (Phi) is 19.9. The Labute approximate surface area is 150 Å². The summed E-state index contributed by atoms with van der Waals surface area (Å²) in [5, 5.41) is 0. The summed E-state index contributed by atoms with van der Waals surface area (Å²) in [7, 11) is 0. The predicted molar refractivity (Wildman–Crippen MR) is 78.6 cm³/mol. The van der Waals surface area contributed by atoms with Crippen LogP contribution in [0.15, 0.2) is 0 Å². The van der Waals surface area contributed by atoms with Gasteiger partial charge in [0.2, 0.25) is 0 Å². The molecule has 5 heteroatoms. The normalized spacial score (nSPS) is 12.8. The maximum absolute atomic E-state index is 2.61. The number of rotatable bonds is 7. The molecule has 0 aliphatic rings. The van der Waals surface area contributed by atoms with Crippen LogP contribution in [0, 0.1) is 0 Å². The van der Waals surface area contributed by atoms with Crippen molar-refractivity contribution >= 4 is 0 Å². The van der Waals surface area contributed by atoms with Gasteiger partial charge in [-0.15, -0.1) is 0 Å². The second kappa shape index (κ2) is 13.7. The van der Waals surface area contributed by atoms with Crippen molar-refractivity contribution < 1.29 is 41.9 Å². The van der Waals surface area contributed by atoms with E-state index in [4.69, 9.17) is 0 Å². The van der Waals surface area contributed by atoms with E-state index in [2.05, 4.69) is 72.1 Å². The van der Waals surface area contributed by atoms with Crippen LogP contribution in [0.5, 0.6) is 0 Å². The minimum atomic E-state index is 0. The number of nitrogens with zero attached hydrogens (tertiary/aromatic N) is 2. The van der Waals surface area contributed by atoms with Gasteiger partial charge in [-0.3, -0.25) is 9.80 Å². The van der Waals surface area contributed by atoms with Gasteiger partial charge in [0.25, 0.3) is 0 Å². The Morgan fingerprint density at radius 3 is 1.10 bits per heavy atom. The summed E-state index contributed by atoms with van der Waals surface area (Å²) in [5.74, 6) is 0. The Bertz CT molecular complexity index is 196. The van der Waals surface area contributed by atoms with Gasteiger partial charge < -0.3 is 24.8 Å². The third-order valence-corrected chi connectivity index (χ3v) is 3.50. The van der Waals surface area contributed by atoms with Crippen molar-refractivity contribution in [2.75, 3.05) is 6.54 Å². The van der Waals surface area contributed by atoms with E-state index in [0.29, 0.717) is 30.2 Å². The van der Waals surface area contributed by atoms with Crippen molar-refractivity contribution in [3.05, 3.63) is 0 Å². The van der Waals surface area contributed by atoms with Crippen LogP contribution in [-0.2, 0) is 17.1 Å². The number of hydrogen-bond acceptors (Lipinski definition) is 2. The first kappa shape index (κ1) is 29.1. The molecule has 1 radical (unpaired) electrons. The zero-order valence-electron chi connectivity index (χ0n) is 14.5. The van der Waals surface area contributed by atoms with Crippen LogP contribution >= 0.6 is 0 Å². The van der Waals surface area contributed by atoms with E-state index in [9.17, 15) is 0 Å². The molecule has 1 unspecified atom stereocenters. The second-order valence-electron chi connectivity index (χ2n) is 6.37. The molecule has 0 spiro atoms. The van der Waals surface area contributed by atoms with Crippen LogP contribution < -0.4 is 24.8 Å². The van der Waals surface area contributed by atoms with Crippen LogP contribution in [0.2, 0.25) is 0 Å². The van der Waals surface area contributed by atoms with E-state index in [1.54, 1.807) is 0 Å². The summed E-state index contributed by atoms with van der Waals surface area (Å²) >= 11 is 0. The molecule has 0 aliphatic heterocycles. The fourth-order valence-corrected chi connectivity index (χ4v) is 3.03. The van der Waals surface area contributed by atoms with Crippen LogP contribution in [0.1, 0.15) is 62.3 Å². The molecule has 0 aromatic heterocycles. The van der Waals surface area contributed by atoms with Crippen molar-refractivity contribution in [1.29, 1.82) is 0 Å². The summed E-state index contributed by atoms with van der Waals surface area (Å²) in [6, 6.07) is 3.09. The first-order valence-electron chi connectivity index (χ1n) is 7.21. The molecule has 0 saturated carbocycles. The summed E-state index contributed by atoms with van der Waals surface area (Å²) in [6.45, 7) is 21.9. The van der Waals surface area contributed by atoms with E-state index >= 15 is 0 Å². The molecule has 0 amide bonds. The Balaban J connectivity index is -0.000000427. The quantitative estimate of drug-likeness (QED) is 0.458. The fourth-order valence-electron chi connectivity index (χ4n) is 3.03. The van der Waals surface area contributed by atoms with Gasteiger partial charge in [-0.1, -0.05) is 0 Å². The average Bonchev–Trinajstić information content (AvgIpc) is 2.11. The molecule has 0 heterocycles. The molecule has 20 heavy (non-hydrogen) atoms. The van der Waals surface area contributed by atoms with Gasteiger partial charge in [0, 0.05) is 36.8 Å². The van der Waals surface area contributed by atoms with E-state index in [1.807, 2.05) is 0 Å². The average molecular weight is 377 g/mol. The van der Waals surface area contributed by atoms with Gasteiger partial charge in [0.15, 0.2) is 0 Å². The molecule has 0 N–H and O–H groups in total. The Hall–Kier alpha value is 1.02. The van der Waals surface area contributed by atoms with Crippen molar-refractivity contribution in [1.82, 2.24) is 9.80 Å². The maximum atomic E-state index is 2.61. The molecule has 2 nitrogen and oxygen atoms in total. The van der Waals surface area contributed by atoms with Crippen LogP contribution in [-0.4, -0.2) is 46.6 Å². The molecule has 1 atom stereocenters. The van der Waals surface area contributed by atoms with E-state index in [1.165, 1.54) is 0 Å². The molecular weight excluding hydrogens is 343 g/mol. The molecule has 0 aliphatic carbocycles. The topological polar surface area (TPSA) is 6.48 Å². The third-order valence-electron chi connectivity index (χ3n) is 3.50. The molecule has 0 fully saturated rings. The molecule has 0 saturated heterocycles. The predicted octanol–water partition coefficient (Wildman–Crippen LogP) is -2.38. The summed E-state index contributed by atoms with van der Waals surface area (Å²) in [6.07, 6.45) is 0. The number of hydrogen-bond donors (Lipinski definition) is 0. The Morgan fingerprint density at radius 2 is 0.900 bits per heavy atom. The zero-order valence-corrected chi connectivity index (χ0v) is 17.0. The summed E-state index contributed by atoms with van der Waals surface area (Å²) in [4.78, 5) is 5.19. The van der Waals surface area contributed by atoms with E-state index in [0.717, 1.165) is 6.54 Å². The monoisotopic (exact) mass is 375 g/mol. The van der Waals surface area contributed by atoms with Crippen LogP contribution in [0.4, 0.5) is 0 Å². The smallest absolute Gasteiger partial charge is 1.00 e. The Morgan fingerprint density at radius 1 is 0.600 bits per heavy atom. The van der Waals surface area contributed by atoms with E-state index < -0.39 is 0 Å². The summed E-state index contributed by atoms with van der Waals surface area (Å²) < 4.78 is 0. The fraction of sp³-hybridized carbons (Fsp3) is 1.00. The molecule has 0 rings (SSSR count). The standard InChI is InChI=1S/C15H34N2.2ClH.Cu/c1-11(2)16(12(3)4)10-15(9)17(13(5)6)14(7)8;;;/h11-15H,10H2,1-9H3;2*1H;/q;;;+2/p-2. The van der Waals surface area contributed by atoms with Crippen LogP contribution in [0.25, 0.3) is 0 Å². The van der Waals surface area contributed by atoms with Crippen molar-refractivity contribution in [3.63, 3.8) is 0 Å². The molecule has 0 aromatic rings. The minimum Gasteiger partial charge on any atom is -1.00 e. The molecular formula is C15H34Cl2CuN2. The first-order valence-corrected chi connectivity index (χ1v) is 7.21. The molecule has 0 bridgehead atoms. The van der Waals surface area contributed by atoms with Crippen molar-refractivity contribution in [3.8, 4) is 0 Å². The van der Waals surface area contributed by atoms with Crippen molar-refractivity contribution in [2.24, 2.45) is 0 Å². The SMILES string of the molecule is CC(C)N(CC(C)N(C(C)C)C(C)C)C(C)C.[Cl-].[Cl-].[Cu+2]. The van der Waals surface area contributed by atoms with Gasteiger partial charge in [0.05, 0.1) is 0 Å². The third kappa shape index (κ3) is 9.87. The van der Waals surface area contributed by atoms with E-state index in [-0.39, 0.29) is 41.9 Å². The van der Waals surface area contributed by atoms with Gasteiger partial charge in [0.1, 0.15) is 0 Å². The molecule has 129 valence electrons. The van der Waals surface area contributed by atoms with Gasteiger partial charge in [-0.25, -0.2) is 0 Å². The largest absolute Gasteiger partial charge is 2.00 e. The number of halogens is 2. The first-order chi connectivity index (χ1) is 7.68. The van der Waals surface area contributed by atoms with Gasteiger partial charge >= 0.3 is 17.1 Å². The summed E-state index contributed by atoms with van der Waals surface area (Å²) in [5.41, 5.74) is 0. The minimum absolute atomic E-state index is 0.